The first-order chi connectivity index (χ1) is 4.36. The fourth-order valence-electron chi connectivity index (χ4n) is 0.960. The van der Waals surface area contributed by atoms with Crippen molar-refractivity contribution in [2.75, 3.05) is 13.8 Å². The second kappa shape index (κ2) is 3.13. The Morgan fingerprint density at radius 3 is 2.78 bits per heavy atom. The second-order valence-corrected chi connectivity index (χ2v) is 2.16. The Hall–Kier alpha value is -0.150. The first-order valence-electron chi connectivity index (χ1n) is 3.11. The Bertz CT molecular complexity index is 77.1. The van der Waals surface area contributed by atoms with Crippen molar-refractivity contribution in [3.8, 4) is 0 Å². The molecule has 54 valence electrons. The molecule has 3 heteroatoms. The molecule has 0 aromatic heterocycles. The van der Waals surface area contributed by atoms with Crippen LogP contribution in [0.1, 0.15) is 12.8 Å². The summed E-state index contributed by atoms with van der Waals surface area (Å²) in [7, 11) is 1.57. The van der Waals surface area contributed by atoms with E-state index < -0.39 is 0 Å². The first-order valence-corrected chi connectivity index (χ1v) is 3.11. The molecule has 2 unspecified atom stereocenters. The van der Waals surface area contributed by atoms with E-state index in [1.54, 1.807) is 7.11 Å². The molecule has 0 aromatic rings. The maximum absolute atomic E-state index is 11.8. The minimum Gasteiger partial charge on any atom is -0.356 e. The molecule has 1 aliphatic rings. The highest BCUT2D eigenvalue weighted by Gasteiger charge is 2.24. The van der Waals surface area contributed by atoms with Crippen molar-refractivity contribution in [1.82, 2.24) is 0 Å². The Morgan fingerprint density at radius 1 is 1.67 bits per heavy atom. The van der Waals surface area contributed by atoms with Crippen LogP contribution in [-0.4, -0.2) is 26.2 Å². The SMILES string of the molecule is COC1CCC(CF)O1. The molecular weight excluding hydrogens is 123 g/mol. The molecule has 2 nitrogen and oxygen atoms in total. The second-order valence-electron chi connectivity index (χ2n) is 2.16. The summed E-state index contributed by atoms with van der Waals surface area (Å²) in [6, 6.07) is 0. The quantitative estimate of drug-likeness (QED) is 0.563. The van der Waals surface area contributed by atoms with Gasteiger partial charge in [0.15, 0.2) is 6.29 Å². The van der Waals surface area contributed by atoms with Crippen molar-refractivity contribution in [2.24, 2.45) is 0 Å². The maximum atomic E-state index is 11.8. The van der Waals surface area contributed by atoms with E-state index in [0.29, 0.717) is 0 Å². The minimum absolute atomic E-state index is 0.161. The van der Waals surface area contributed by atoms with Gasteiger partial charge in [-0.15, -0.1) is 0 Å². The highest BCUT2D eigenvalue weighted by molar-refractivity contribution is 4.66. The van der Waals surface area contributed by atoms with Crippen molar-refractivity contribution < 1.29 is 13.9 Å². The third-order valence-electron chi connectivity index (χ3n) is 1.50. The lowest BCUT2D eigenvalue weighted by atomic mass is 10.2. The summed E-state index contributed by atoms with van der Waals surface area (Å²) >= 11 is 0. The molecular formula is C6H11FO2. The van der Waals surface area contributed by atoms with Crippen LogP contribution in [0, 0.1) is 0 Å². The molecule has 2 atom stereocenters. The van der Waals surface area contributed by atoms with Crippen molar-refractivity contribution in [1.29, 1.82) is 0 Å². The van der Waals surface area contributed by atoms with Gasteiger partial charge in [-0.25, -0.2) is 4.39 Å². The van der Waals surface area contributed by atoms with Gasteiger partial charge in [-0.2, -0.15) is 0 Å². The third kappa shape index (κ3) is 1.63. The molecule has 1 fully saturated rings. The summed E-state index contributed by atoms with van der Waals surface area (Å²) < 4.78 is 21.7. The number of ether oxygens (including phenoxy) is 2. The zero-order valence-electron chi connectivity index (χ0n) is 5.47. The van der Waals surface area contributed by atoms with E-state index in [1.165, 1.54) is 0 Å². The van der Waals surface area contributed by atoms with Crippen LogP contribution in [0.4, 0.5) is 4.39 Å². The highest BCUT2D eigenvalue weighted by Crippen LogP contribution is 2.19. The largest absolute Gasteiger partial charge is 0.356 e. The summed E-state index contributed by atoms with van der Waals surface area (Å²) in [6.07, 6.45) is 1.24. The van der Waals surface area contributed by atoms with E-state index in [9.17, 15) is 4.39 Å². The summed E-state index contributed by atoms with van der Waals surface area (Å²) in [4.78, 5) is 0. The zero-order chi connectivity index (χ0) is 6.69. The number of methoxy groups -OCH3 is 1. The van der Waals surface area contributed by atoms with Crippen molar-refractivity contribution in [3.05, 3.63) is 0 Å². The number of halogens is 1. The van der Waals surface area contributed by atoms with Crippen LogP contribution in [0.3, 0.4) is 0 Å². The molecule has 0 saturated carbocycles. The fourth-order valence-corrected chi connectivity index (χ4v) is 0.960. The molecule has 0 aromatic carbocycles. The topological polar surface area (TPSA) is 18.5 Å². The van der Waals surface area contributed by atoms with Gasteiger partial charge in [0.25, 0.3) is 0 Å². The van der Waals surface area contributed by atoms with E-state index in [0.717, 1.165) is 12.8 Å². The first kappa shape index (κ1) is 6.96. The maximum Gasteiger partial charge on any atom is 0.157 e. The normalized spacial score (nSPS) is 35.3. The van der Waals surface area contributed by atoms with Crippen LogP contribution >= 0.6 is 0 Å². The van der Waals surface area contributed by atoms with E-state index in [2.05, 4.69) is 0 Å². The van der Waals surface area contributed by atoms with Crippen LogP contribution in [0.2, 0.25) is 0 Å². The monoisotopic (exact) mass is 134 g/mol. The van der Waals surface area contributed by atoms with Crippen molar-refractivity contribution in [3.63, 3.8) is 0 Å². The number of hydrogen-bond donors (Lipinski definition) is 0. The Balaban J connectivity index is 2.20. The van der Waals surface area contributed by atoms with Gasteiger partial charge in [-0.3, -0.25) is 0 Å². The molecule has 0 spiro atoms. The fraction of sp³-hybridized carbons (Fsp3) is 1.00. The van der Waals surface area contributed by atoms with Gasteiger partial charge in [0.05, 0.1) is 6.10 Å². The standard InChI is InChI=1S/C6H11FO2/c1-8-6-3-2-5(4-7)9-6/h5-6H,2-4H2,1H3. The predicted octanol–water partition coefficient (Wildman–Crippen LogP) is 1.11. The average molecular weight is 134 g/mol. The molecule has 1 heterocycles. The summed E-state index contributed by atoms with van der Waals surface area (Å²) in [5.41, 5.74) is 0. The number of hydrogen-bond acceptors (Lipinski definition) is 2. The lowest BCUT2D eigenvalue weighted by Gasteiger charge is -2.07. The zero-order valence-corrected chi connectivity index (χ0v) is 5.47. The molecule has 0 aliphatic carbocycles. The molecule has 1 aliphatic heterocycles. The van der Waals surface area contributed by atoms with E-state index >= 15 is 0 Å². The number of alkyl halides is 1. The van der Waals surface area contributed by atoms with Gasteiger partial charge in [0.1, 0.15) is 6.67 Å². The molecule has 0 radical (unpaired) electrons. The number of rotatable bonds is 2. The third-order valence-corrected chi connectivity index (χ3v) is 1.50. The van der Waals surface area contributed by atoms with E-state index in [-0.39, 0.29) is 19.1 Å². The predicted molar refractivity (Wildman–Crippen MR) is 30.9 cm³/mol. The van der Waals surface area contributed by atoms with Crippen LogP contribution in [0.5, 0.6) is 0 Å². The van der Waals surface area contributed by atoms with Crippen molar-refractivity contribution in [2.45, 2.75) is 25.2 Å². The summed E-state index contributed by atoms with van der Waals surface area (Å²) in [6.45, 7) is -0.389. The Labute approximate surface area is 54.0 Å². The van der Waals surface area contributed by atoms with Crippen LogP contribution in [-0.2, 0) is 9.47 Å². The van der Waals surface area contributed by atoms with Crippen LogP contribution < -0.4 is 0 Å². The van der Waals surface area contributed by atoms with E-state index in [4.69, 9.17) is 9.47 Å². The smallest absolute Gasteiger partial charge is 0.157 e. The van der Waals surface area contributed by atoms with Gasteiger partial charge >= 0.3 is 0 Å². The lowest BCUT2D eigenvalue weighted by Crippen LogP contribution is -2.13. The molecule has 0 bridgehead atoms. The molecule has 1 saturated heterocycles. The Kier molecular flexibility index (Phi) is 2.42. The molecule has 1 rings (SSSR count). The Morgan fingerprint density at radius 2 is 2.44 bits per heavy atom. The lowest BCUT2D eigenvalue weighted by molar-refractivity contribution is -0.117. The summed E-state index contributed by atoms with van der Waals surface area (Å²) in [5, 5.41) is 0. The average Bonchev–Trinajstić information content (AvgIpc) is 2.34. The van der Waals surface area contributed by atoms with Gasteiger partial charge in [0, 0.05) is 13.5 Å². The van der Waals surface area contributed by atoms with Crippen LogP contribution in [0.25, 0.3) is 0 Å². The van der Waals surface area contributed by atoms with E-state index in [1.807, 2.05) is 0 Å². The molecule has 0 amide bonds. The van der Waals surface area contributed by atoms with Crippen molar-refractivity contribution >= 4 is 0 Å². The van der Waals surface area contributed by atoms with Gasteiger partial charge in [-0.05, 0) is 6.42 Å². The van der Waals surface area contributed by atoms with Gasteiger partial charge < -0.3 is 9.47 Å². The highest BCUT2D eigenvalue weighted by atomic mass is 19.1. The van der Waals surface area contributed by atoms with Crippen LogP contribution in [0.15, 0.2) is 0 Å². The van der Waals surface area contributed by atoms with Gasteiger partial charge in [0.2, 0.25) is 0 Å². The molecule has 9 heavy (non-hydrogen) atoms. The molecule has 0 N–H and O–H groups in total. The minimum atomic E-state index is -0.389. The summed E-state index contributed by atoms with van der Waals surface area (Å²) in [5.74, 6) is 0. The van der Waals surface area contributed by atoms with Gasteiger partial charge in [-0.1, -0.05) is 0 Å².